The number of aliphatic hydroxyl groups excluding tert-OH is 1. The van der Waals surface area contributed by atoms with Crippen molar-refractivity contribution in [1.82, 2.24) is 0 Å². The number of rotatable bonds is 4. The fourth-order valence-corrected chi connectivity index (χ4v) is 2.40. The first-order valence-corrected chi connectivity index (χ1v) is 6.58. The molecule has 2 aromatic rings. The Morgan fingerprint density at radius 3 is 2.50 bits per heavy atom. The van der Waals surface area contributed by atoms with Gasteiger partial charge in [-0.15, -0.1) is 0 Å². The Bertz CT molecular complexity index is 631. The van der Waals surface area contributed by atoms with Crippen molar-refractivity contribution >= 4 is 21.6 Å². The van der Waals surface area contributed by atoms with Crippen LogP contribution in [0.25, 0.3) is 0 Å². The molecule has 0 aliphatic heterocycles. The number of nitro benzene ring substituents is 1. The summed E-state index contributed by atoms with van der Waals surface area (Å²) in [4.78, 5) is 10.6. The molecule has 0 radical (unpaired) electrons. The predicted molar refractivity (Wildman–Crippen MR) is 77.9 cm³/mol. The van der Waals surface area contributed by atoms with Gasteiger partial charge in [-0.2, -0.15) is 0 Å². The highest BCUT2D eigenvalue weighted by Gasteiger charge is 2.24. The van der Waals surface area contributed by atoms with Crippen LogP contribution in [0.2, 0.25) is 0 Å². The molecular weight excluding hydrogens is 326 g/mol. The van der Waals surface area contributed by atoms with Gasteiger partial charge in [0.15, 0.2) is 0 Å². The predicted octanol–water partition coefficient (Wildman–Crippen LogP) is 3.45. The first kappa shape index (κ1) is 14.5. The maximum Gasteiger partial charge on any atom is 0.276 e. The van der Waals surface area contributed by atoms with Crippen LogP contribution in [-0.4, -0.2) is 17.1 Å². The van der Waals surface area contributed by atoms with Gasteiger partial charge in [0.1, 0.15) is 11.9 Å². The fourth-order valence-electron chi connectivity index (χ4n) is 1.91. The molecule has 104 valence electrons. The Balaban J connectivity index is 2.57. The summed E-state index contributed by atoms with van der Waals surface area (Å²) < 4.78 is 5.59. The Morgan fingerprint density at radius 2 is 1.95 bits per heavy atom. The van der Waals surface area contributed by atoms with E-state index in [4.69, 9.17) is 4.74 Å². The largest absolute Gasteiger partial charge is 0.496 e. The van der Waals surface area contributed by atoms with Crippen molar-refractivity contribution in [3.05, 3.63) is 68.2 Å². The average Bonchev–Trinajstić information content (AvgIpc) is 2.47. The SMILES string of the molecule is COc1cc(C(O)c2ccccc2)c([N+](=O)[O-])cc1Br. The Kier molecular flexibility index (Phi) is 4.36. The lowest BCUT2D eigenvalue weighted by molar-refractivity contribution is -0.386. The van der Waals surface area contributed by atoms with Crippen LogP contribution in [0.1, 0.15) is 17.2 Å². The number of hydrogen-bond donors (Lipinski definition) is 1. The van der Waals surface area contributed by atoms with Gasteiger partial charge in [0.2, 0.25) is 0 Å². The molecule has 1 unspecified atom stereocenters. The summed E-state index contributed by atoms with van der Waals surface area (Å²) in [5, 5.41) is 21.5. The second-order valence-corrected chi connectivity index (χ2v) is 4.97. The summed E-state index contributed by atoms with van der Waals surface area (Å²) >= 11 is 3.20. The Labute approximate surface area is 124 Å². The van der Waals surface area contributed by atoms with Crippen molar-refractivity contribution in [2.45, 2.75) is 6.10 Å². The number of aliphatic hydroxyl groups is 1. The van der Waals surface area contributed by atoms with Crippen LogP contribution in [-0.2, 0) is 0 Å². The summed E-state index contributed by atoms with van der Waals surface area (Å²) in [6.45, 7) is 0. The molecule has 0 aromatic heterocycles. The van der Waals surface area contributed by atoms with E-state index in [2.05, 4.69) is 15.9 Å². The van der Waals surface area contributed by atoms with Gasteiger partial charge in [-0.05, 0) is 27.6 Å². The minimum absolute atomic E-state index is 0.158. The molecule has 1 N–H and O–H groups in total. The number of hydrogen-bond acceptors (Lipinski definition) is 4. The van der Waals surface area contributed by atoms with Crippen LogP contribution >= 0.6 is 15.9 Å². The van der Waals surface area contributed by atoms with Crippen molar-refractivity contribution in [2.24, 2.45) is 0 Å². The summed E-state index contributed by atoms with van der Waals surface area (Å²) in [5.41, 5.74) is 0.621. The van der Waals surface area contributed by atoms with E-state index < -0.39 is 11.0 Å². The normalized spacial score (nSPS) is 11.9. The minimum Gasteiger partial charge on any atom is -0.496 e. The van der Waals surface area contributed by atoms with Crippen molar-refractivity contribution in [2.75, 3.05) is 7.11 Å². The van der Waals surface area contributed by atoms with E-state index in [-0.39, 0.29) is 11.3 Å². The smallest absolute Gasteiger partial charge is 0.276 e. The van der Waals surface area contributed by atoms with Gasteiger partial charge >= 0.3 is 0 Å². The zero-order valence-corrected chi connectivity index (χ0v) is 12.2. The first-order chi connectivity index (χ1) is 9.54. The van der Waals surface area contributed by atoms with Gasteiger partial charge in [0, 0.05) is 6.07 Å². The lowest BCUT2D eigenvalue weighted by Gasteiger charge is -2.14. The van der Waals surface area contributed by atoms with E-state index in [0.717, 1.165) is 0 Å². The highest BCUT2D eigenvalue weighted by Crippen LogP contribution is 2.37. The molecule has 0 fully saturated rings. The van der Waals surface area contributed by atoms with Crippen molar-refractivity contribution in [3.8, 4) is 5.75 Å². The van der Waals surface area contributed by atoms with Crippen LogP contribution in [0.4, 0.5) is 5.69 Å². The molecule has 0 bridgehead atoms. The monoisotopic (exact) mass is 337 g/mol. The Hall–Kier alpha value is -1.92. The van der Waals surface area contributed by atoms with Gasteiger partial charge in [-0.1, -0.05) is 30.3 Å². The number of ether oxygens (including phenoxy) is 1. The van der Waals surface area contributed by atoms with Crippen LogP contribution in [0, 0.1) is 10.1 Å². The summed E-state index contributed by atoms with van der Waals surface area (Å²) in [6.07, 6.45) is -1.08. The van der Waals surface area contributed by atoms with E-state index in [0.29, 0.717) is 15.8 Å². The maximum atomic E-state index is 11.1. The van der Waals surface area contributed by atoms with Crippen LogP contribution in [0.5, 0.6) is 5.75 Å². The van der Waals surface area contributed by atoms with Crippen LogP contribution < -0.4 is 4.74 Å². The molecule has 0 aliphatic rings. The quantitative estimate of drug-likeness (QED) is 0.685. The third-order valence-corrected chi connectivity index (χ3v) is 3.53. The van der Waals surface area contributed by atoms with Gasteiger partial charge in [0.05, 0.1) is 22.1 Å². The van der Waals surface area contributed by atoms with Crippen molar-refractivity contribution in [3.63, 3.8) is 0 Å². The molecule has 0 saturated carbocycles. The fraction of sp³-hybridized carbons (Fsp3) is 0.143. The molecule has 6 heteroatoms. The van der Waals surface area contributed by atoms with E-state index in [9.17, 15) is 15.2 Å². The molecule has 0 saturated heterocycles. The highest BCUT2D eigenvalue weighted by atomic mass is 79.9. The van der Waals surface area contributed by atoms with Crippen molar-refractivity contribution < 1.29 is 14.8 Å². The third kappa shape index (κ3) is 2.81. The maximum absolute atomic E-state index is 11.1. The number of halogens is 1. The topological polar surface area (TPSA) is 72.6 Å². The molecule has 2 aromatic carbocycles. The minimum atomic E-state index is -1.08. The van der Waals surface area contributed by atoms with E-state index in [1.165, 1.54) is 19.2 Å². The molecule has 0 aliphatic carbocycles. The summed E-state index contributed by atoms with van der Waals surface area (Å²) in [6, 6.07) is 11.6. The van der Waals surface area contributed by atoms with Crippen LogP contribution in [0.3, 0.4) is 0 Å². The van der Waals surface area contributed by atoms with Crippen molar-refractivity contribution in [1.29, 1.82) is 0 Å². The number of methoxy groups -OCH3 is 1. The number of benzene rings is 2. The second-order valence-electron chi connectivity index (χ2n) is 4.12. The lowest BCUT2D eigenvalue weighted by Crippen LogP contribution is -2.05. The van der Waals surface area contributed by atoms with E-state index in [1.807, 2.05) is 6.07 Å². The molecule has 5 nitrogen and oxygen atoms in total. The highest BCUT2D eigenvalue weighted by molar-refractivity contribution is 9.10. The Morgan fingerprint density at radius 1 is 1.30 bits per heavy atom. The number of nitro groups is 1. The third-order valence-electron chi connectivity index (χ3n) is 2.91. The molecular formula is C14H12BrNO4. The average molecular weight is 338 g/mol. The van der Waals surface area contributed by atoms with Gasteiger partial charge in [0.25, 0.3) is 5.69 Å². The standard InChI is InChI=1S/C14H12BrNO4/c1-20-13-7-10(12(16(18)19)8-11(13)15)14(17)9-5-3-2-4-6-9/h2-8,14,17H,1H3. The molecule has 0 amide bonds. The first-order valence-electron chi connectivity index (χ1n) is 5.79. The van der Waals surface area contributed by atoms with Gasteiger partial charge in [-0.25, -0.2) is 0 Å². The molecule has 20 heavy (non-hydrogen) atoms. The summed E-state index contributed by atoms with van der Waals surface area (Å²) in [7, 11) is 1.46. The lowest BCUT2D eigenvalue weighted by atomic mass is 10.00. The molecule has 2 rings (SSSR count). The molecule has 0 spiro atoms. The molecule has 1 atom stereocenters. The van der Waals surface area contributed by atoms with Crippen LogP contribution in [0.15, 0.2) is 46.9 Å². The second kappa shape index (κ2) is 6.02. The number of nitrogens with zero attached hydrogens (tertiary/aromatic N) is 1. The zero-order chi connectivity index (χ0) is 14.7. The zero-order valence-electron chi connectivity index (χ0n) is 10.6. The molecule has 0 heterocycles. The van der Waals surface area contributed by atoms with E-state index in [1.54, 1.807) is 24.3 Å². The van der Waals surface area contributed by atoms with Gasteiger partial charge in [-0.3, -0.25) is 10.1 Å². The summed E-state index contributed by atoms with van der Waals surface area (Å²) in [5.74, 6) is 0.431. The van der Waals surface area contributed by atoms with E-state index >= 15 is 0 Å². The van der Waals surface area contributed by atoms with Gasteiger partial charge < -0.3 is 9.84 Å².